The summed E-state index contributed by atoms with van der Waals surface area (Å²) in [4.78, 5) is 31.3. The first-order chi connectivity index (χ1) is 16.0. The van der Waals surface area contributed by atoms with E-state index in [-0.39, 0.29) is 11.8 Å². The summed E-state index contributed by atoms with van der Waals surface area (Å²) in [6.45, 7) is 1.47. The van der Waals surface area contributed by atoms with Crippen molar-refractivity contribution >= 4 is 11.8 Å². The Labute approximate surface area is 194 Å². The number of carbonyl (C=O) groups is 2. The van der Waals surface area contributed by atoms with E-state index >= 15 is 0 Å². The van der Waals surface area contributed by atoms with Gasteiger partial charge in [-0.3, -0.25) is 14.6 Å². The standard InChI is InChI=1S/C27H29N3O3/c1-33-23-13-10-19(11-14-23)12-15-26(31)30-16-4-7-22(18-30)25-9-3-8-24(29-25)20-5-2-6-21(17-20)27(28)32/h2-3,5-6,8-11,13-14,17,22H,4,7,12,15-16,18H2,1H3,(H2,28,32)/t22-/m0/s1. The number of likely N-dealkylation sites (tertiary alicyclic amines) is 1. The highest BCUT2D eigenvalue weighted by molar-refractivity contribution is 5.94. The van der Waals surface area contributed by atoms with Crippen LogP contribution in [-0.2, 0) is 11.2 Å². The highest BCUT2D eigenvalue weighted by Gasteiger charge is 2.25. The van der Waals surface area contributed by atoms with E-state index in [0.717, 1.165) is 47.7 Å². The topological polar surface area (TPSA) is 85.5 Å². The Morgan fingerprint density at radius 3 is 2.64 bits per heavy atom. The molecule has 170 valence electrons. The summed E-state index contributed by atoms with van der Waals surface area (Å²) in [5.41, 5.74) is 9.66. The molecular formula is C27H29N3O3. The van der Waals surface area contributed by atoms with Gasteiger partial charge in [0, 0.05) is 42.2 Å². The van der Waals surface area contributed by atoms with Crippen molar-refractivity contribution < 1.29 is 14.3 Å². The van der Waals surface area contributed by atoms with E-state index in [2.05, 4.69) is 0 Å². The van der Waals surface area contributed by atoms with E-state index < -0.39 is 5.91 Å². The number of benzene rings is 2. The van der Waals surface area contributed by atoms with Crippen LogP contribution < -0.4 is 10.5 Å². The van der Waals surface area contributed by atoms with Gasteiger partial charge in [0.1, 0.15) is 5.75 Å². The second-order valence-electron chi connectivity index (χ2n) is 8.42. The molecule has 0 aliphatic carbocycles. The molecule has 0 spiro atoms. The zero-order valence-electron chi connectivity index (χ0n) is 18.9. The number of rotatable bonds is 7. The Kier molecular flexibility index (Phi) is 7.03. The number of nitrogens with zero attached hydrogens (tertiary/aromatic N) is 2. The molecule has 1 aromatic heterocycles. The molecule has 3 aromatic rings. The molecule has 2 N–H and O–H groups in total. The van der Waals surface area contributed by atoms with Gasteiger partial charge in [-0.25, -0.2) is 0 Å². The molecule has 0 radical (unpaired) electrons. The molecule has 6 nitrogen and oxygen atoms in total. The summed E-state index contributed by atoms with van der Waals surface area (Å²) >= 11 is 0. The molecule has 1 fully saturated rings. The number of methoxy groups -OCH3 is 1. The summed E-state index contributed by atoms with van der Waals surface area (Å²) in [5.74, 6) is 0.743. The molecule has 1 atom stereocenters. The van der Waals surface area contributed by atoms with Crippen LogP contribution in [0.4, 0.5) is 0 Å². The zero-order valence-corrected chi connectivity index (χ0v) is 18.9. The summed E-state index contributed by atoms with van der Waals surface area (Å²) in [7, 11) is 1.65. The van der Waals surface area contributed by atoms with Crippen molar-refractivity contribution in [2.24, 2.45) is 5.73 Å². The Morgan fingerprint density at radius 1 is 1.09 bits per heavy atom. The Balaban J connectivity index is 1.41. The van der Waals surface area contributed by atoms with Gasteiger partial charge in [0.2, 0.25) is 11.8 Å². The molecule has 1 aliphatic heterocycles. The number of ether oxygens (including phenoxy) is 1. The predicted octanol–water partition coefficient (Wildman–Crippen LogP) is 4.19. The van der Waals surface area contributed by atoms with Gasteiger partial charge in [-0.05, 0) is 61.2 Å². The fourth-order valence-electron chi connectivity index (χ4n) is 4.32. The van der Waals surface area contributed by atoms with Crippen LogP contribution >= 0.6 is 0 Å². The largest absolute Gasteiger partial charge is 0.497 e. The fourth-order valence-corrected chi connectivity index (χ4v) is 4.32. The summed E-state index contributed by atoms with van der Waals surface area (Å²) in [6, 6.07) is 21.0. The number of amides is 2. The first kappa shape index (κ1) is 22.5. The van der Waals surface area contributed by atoms with Gasteiger partial charge >= 0.3 is 0 Å². The first-order valence-corrected chi connectivity index (χ1v) is 11.3. The van der Waals surface area contributed by atoms with Crippen molar-refractivity contribution in [1.82, 2.24) is 9.88 Å². The Bertz CT molecular complexity index is 1130. The third kappa shape index (κ3) is 5.58. The van der Waals surface area contributed by atoms with Crippen LogP contribution in [0.25, 0.3) is 11.3 Å². The van der Waals surface area contributed by atoms with Crippen LogP contribution in [0.2, 0.25) is 0 Å². The quantitative estimate of drug-likeness (QED) is 0.593. The van der Waals surface area contributed by atoms with E-state index in [1.54, 1.807) is 19.2 Å². The highest BCUT2D eigenvalue weighted by Crippen LogP contribution is 2.28. The van der Waals surface area contributed by atoms with E-state index in [1.807, 2.05) is 59.5 Å². The molecule has 6 heteroatoms. The van der Waals surface area contributed by atoms with Gasteiger partial charge in [-0.1, -0.05) is 30.3 Å². The van der Waals surface area contributed by atoms with Gasteiger partial charge < -0.3 is 15.4 Å². The maximum absolute atomic E-state index is 12.9. The van der Waals surface area contributed by atoms with Crippen molar-refractivity contribution in [3.8, 4) is 17.0 Å². The minimum atomic E-state index is -0.455. The van der Waals surface area contributed by atoms with Crippen LogP contribution in [0, 0.1) is 0 Å². The van der Waals surface area contributed by atoms with Crippen molar-refractivity contribution in [3.63, 3.8) is 0 Å². The molecule has 2 heterocycles. The second-order valence-corrected chi connectivity index (χ2v) is 8.42. The molecule has 0 saturated carbocycles. The third-order valence-corrected chi connectivity index (χ3v) is 6.19. The number of hydrogen-bond acceptors (Lipinski definition) is 4. The summed E-state index contributed by atoms with van der Waals surface area (Å²) in [5, 5.41) is 0. The number of aryl methyl sites for hydroxylation is 1. The number of hydrogen-bond donors (Lipinski definition) is 1. The minimum Gasteiger partial charge on any atom is -0.497 e. The van der Waals surface area contributed by atoms with Crippen LogP contribution in [-0.4, -0.2) is 41.9 Å². The van der Waals surface area contributed by atoms with Gasteiger partial charge in [0.25, 0.3) is 0 Å². The number of carbonyl (C=O) groups excluding carboxylic acids is 2. The van der Waals surface area contributed by atoms with Gasteiger partial charge in [-0.15, -0.1) is 0 Å². The lowest BCUT2D eigenvalue weighted by molar-refractivity contribution is -0.132. The molecule has 1 aliphatic rings. The van der Waals surface area contributed by atoms with Crippen molar-refractivity contribution in [3.05, 3.63) is 83.6 Å². The maximum atomic E-state index is 12.9. The van der Waals surface area contributed by atoms with Crippen molar-refractivity contribution in [2.45, 2.75) is 31.6 Å². The smallest absolute Gasteiger partial charge is 0.248 e. The van der Waals surface area contributed by atoms with E-state index in [0.29, 0.717) is 24.9 Å². The summed E-state index contributed by atoms with van der Waals surface area (Å²) in [6.07, 6.45) is 3.17. The van der Waals surface area contributed by atoms with Crippen LogP contribution in [0.15, 0.2) is 66.7 Å². The average Bonchev–Trinajstić information content (AvgIpc) is 2.87. The molecule has 0 unspecified atom stereocenters. The molecule has 1 saturated heterocycles. The summed E-state index contributed by atoms with van der Waals surface area (Å²) < 4.78 is 5.19. The normalized spacial score (nSPS) is 15.8. The highest BCUT2D eigenvalue weighted by atomic mass is 16.5. The van der Waals surface area contributed by atoms with Crippen LogP contribution in [0.3, 0.4) is 0 Å². The number of pyridine rings is 1. The van der Waals surface area contributed by atoms with E-state index in [4.69, 9.17) is 15.5 Å². The number of aromatic nitrogens is 1. The van der Waals surface area contributed by atoms with Crippen molar-refractivity contribution in [1.29, 1.82) is 0 Å². The zero-order chi connectivity index (χ0) is 23.2. The number of nitrogens with two attached hydrogens (primary N) is 1. The lowest BCUT2D eigenvalue weighted by atomic mass is 9.93. The molecule has 2 aromatic carbocycles. The lowest BCUT2D eigenvalue weighted by Gasteiger charge is -2.32. The molecule has 0 bridgehead atoms. The number of piperidine rings is 1. The lowest BCUT2D eigenvalue weighted by Crippen LogP contribution is -2.39. The Hall–Kier alpha value is -3.67. The predicted molar refractivity (Wildman–Crippen MR) is 128 cm³/mol. The monoisotopic (exact) mass is 443 g/mol. The van der Waals surface area contributed by atoms with Crippen LogP contribution in [0.5, 0.6) is 5.75 Å². The average molecular weight is 444 g/mol. The second kappa shape index (κ2) is 10.3. The molecule has 2 amide bonds. The number of primary amides is 1. The van der Waals surface area contributed by atoms with Crippen molar-refractivity contribution in [2.75, 3.05) is 20.2 Å². The first-order valence-electron chi connectivity index (χ1n) is 11.3. The van der Waals surface area contributed by atoms with Gasteiger partial charge in [-0.2, -0.15) is 0 Å². The van der Waals surface area contributed by atoms with Crippen LogP contribution in [0.1, 0.15) is 46.8 Å². The SMILES string of the molecule is COc1ccc(CCC(=O)N2CCC[C@H](c3cccc(-c4cccc(C(N)=O)c4)n3)C2)cc1. The van der Waals surface area contributed by atoms with Gasteiger partial charge in [0.15, 0.2) is 0 Å². The Morgan fingerprint density at radius 2 is 1.88 bits per heavy atom. The minimum absolute atomic E-state index is 0.181. The maximum Gasteiger partial charge on any atom is 0.248 e. The molecule has 4 rings (SSSR count). The van der Waals surface area contributed by atoms with E-state index in [9.17, 15) is 9.59 Å². The van der Waals surface area contributed by atoms with E-state index in [1.165, 1.54) is 0 Å². The van der Waals surface area contributed by atoms with Gasteiger partial charge in [0.05, 0.1) is 12.8 Å². The fraction of sp³-hybridized carbons (Fsp3) is 0.296. The molecular weight excluding hydrogens is 414 g/mol. The third-order valence-electron chi connectivity index (χ3n) is 6.19. The molecule has 33 heavy (non-hydrogen) atoms.